The van der Waals surface area contributed by atoms with Crippen molar-refractivity contribution in [1.82, 2.24) is 10.4 Å². The predicted octanol–water partition coefficient (Wildman–Crippen LogP) is -0.508. The molecule has 0 spiro atoms. The molecule has 0 aliphatic carbocycles. The number of hydrazine groups is 1. The molecule has 3 N–H and O–H groups in total. The van der Waals surface area contributed by atoms with Crippen LogP contribution in [0.3, 0.4) is 0 Å². The van der Waals surface area contributed by atoms with E-state index in [1.807, 2.05) is 0 Å². The van der Waals surface area contributed by atoms with Gasteiger partial charge in [-0.05, 0) is 13.3 Å². The molecule has 0 aromatic rings. The first kappa shape index (κ1) is 10.7. The second kappa shape index (κ2) is 4.54. The molecule has 1 heterocycles. The summed E-state index contributed by atoms with van der Waals surface area (Å²) in [5, 5.41) is 1.59. The van der Waals surface area contributed by atoms with Gasteiger partial charge in [0.2, 0.25) is 0 Å². The van der Waals surface area contributed by atoms with Crippen LogP contribution in [0, 0.1) is 0 Å². The number of nitrogens with two attached hydrogens (primary N) is 1. The number of carbonyl (C=O) groups excluding carboxylic acids is 1. The predicted molar refractivity (Wildman–Crippen MR) is 45.2 cm³/mol. The molecular formula is C6H14ClN3O. The highest BCUT2D eigenvalue weighted by Gasteiger charge is 2.19. The zero-order valence-corrected chi connectivity index (χ0v) is 7.36. The lowest BCUT2D eigenvalue weighted by atomic mass is 10.3. The van der Waals surface area contributed by atoms with E-state index in [0.29, 0.717) is 0 Å². The van der Waals surface area contributed by atoms with Gasteiger partial charge in [0.25, 0.3) is 5.91 Å². The van der Waals surface area contributed by atoms with E-state index in [1.165, 1.54) is 0 Å². The summed E-state index contributed by atoms with van der Waals surface area (Å²) >= 11 is 0. The SMILES string of the molecule is CC(N)C(=O)N1CCCN1.Cl. The van der Waals surface area contributed by atoms with Crippen LogP contribution in [0.1, 0.15) is 13.3 Å². The fourth-order valence-electron chi connectivity index (χ4n) is 0.964. The van der Waals surface area contributed by atoms with Crippen LogP contribution in [0.5, 0.6) is 0 Å². The minimum atomic E-state index is -0.384. The Morgan fingerprint density at radius 2 is 2.36 bits per heavy atom. The fraction of sp³-hybridized carbons (Fsp3) is 0.833. The van der Waals surface area contributed by atoms with Crippen molar-refractivity contribution in [3.8, 4) is 0 Å². The van der Waals surface area contributed by atoms with E-state index in [9.17, 15) is 4.79 Å². The second-order valence-electron chi connectivity index (χ2n) is 2.54. The van der Waals surface area contributed by atoms with E-state index < -0.39 is 0 Å². The van der Waals surface area contributed by atoms with Crippen LogP contribution >= 0.6 is 12.4 Å². The summed E-state index contributed by atoms with van der Waals surface area (Å²) in [4.78, 5) is 11.1. The first-order valence-electron chi connectivity index (χ1n) is 3.52. The molecule has 0 aromatic carbocycles. The average Bonchev–Trinajstić information content (AvgIpc) is 2.36. The standard InChI is InChI=1S/C6H13N3O.ClH/c1-5(7)6(10)9-4-2-3-8-9;/h5,8H,2-4,7H2,1H3;1H. The molecule has 11 heavy (non-hydrogen) atoms. The number of nitrogens with zero attached hydrogens (tertiary/aromatic N) is 1. The molecule has 1 aliphatic rings. The highest BCUT2D eigenvalue weighted by Crippen LogP contribution is 1.97. The number of halogens is 1. The second-order valence-corrected chi connectivity index (χ2v) is 2.54. The minimum absolute atomic E-state index is 0. The van der Waals surface area contributed by atoms with E-state index in [-0.39, 0.29) is 24.4 Å². The van der Waals surface area contributed by atoms with Crippen molar-refractivity contribution in [3.05, 3.63) is 0 Å². The van der Waals surface area contributed by atoms with Crippen molar-refractivity contribution in [2.24, 2.45) is 5.73 Å². The van der Waals surface area contributed by atoms with E-state index >= 15 is 0 Å². The van der Waals surface area contributed by atoms with Gasteiger partial charge in [0.15, 0.2) is 0 Å². The van der Waals surface area contributed by atoms with Crippen LogP contribution < -0.4 is 11.2 Å². The molecule has 0 aromatic heterocycles. The summed E-state index contributed by atoms with van der Waals surface area (Å²) in [6.45, 7) is 3.38. The van der Waals surface area contributed by atoms with Crippen molar-refractivity contribution in [2.45, 2.75) is 19.4 Å². The first-order valence-corrected chi connectivity index (χ1v) is 3.52. The fourth-order valence-corrected chi connectivity index (χ4v) is 0.964. The average molecular weight is 180 g/mol. The zero-order chi connectivity index (χ0) is 7.56. The van der Waals surface area contributed by atoms with Crippen molar-refractivity contribution in [3.63, 3.8) is 0 Å². The van der Waals surface area contributed by atoms with Gasteiger partial charge in [-0.3, -0.25) is 9.80 Å². The molecule has 4 nitrogen and oxygen atoms in total. The van der Waals surface area contributed by atoms with Crippen LogP contribution in [-0.4, -0.2) is 30.0 Å². The van der Waals surface area contributed by atoms with Crippen molar-refractivity contribution in [1.29, 1.82) is 0 Å². The Bertz CT molecular complexity index is 134. The molecule has 0 radical (unpaired) electrons. The summed E-state index contributed by atoms with van der Waals surface area (Å²) in [6.07, 6.45) is 1.03. The van der Waals surface area contributed by atoms with Crippen molar-refractivity contribution >= 4 is 18.3 Å². The van der Waals surface area contributed by atoms with Gasteiger partial charge in [0.1, 0.15) is 0 Å². The molecule has 1 unspecified atom stereocenters. The molecular weight excluding hydrogens is 166 g/mol. The van der Waals surface area contributed by atoms with Crippen molar-refractivity contribution in [2.75, 3.05) is 13.1 Å². The van der Waals surface area contributed by atoms with E-state index in [1.54, 1.807) is 11.9 Å². The summed E-state index contributed by atoms with van der Waals surface area (Å²) < 4.78 is 0. The maximum absolute atomic E-state index is 11.1. The molecule has 1 fully saturated rings. The van der Waals surface area contributed by atoms with E-state index in [4.69, 9.17) is 5.73 Å². The van der Waals surface area contributed by atoms with Gasteiger partial charge in [0, 0.05) is 13.1 Å². The Morgan fingerprint density at radius 3 is 2.73 bits per heavy atom. The van der Waals surface area contributed by atoms with Crippen LogP contribution in [0.4, 0.5) is 0 Å². The molecule has 5 heteroatoms. The Balaban J connectivity index is 0.000001000. The number of hydrogen-bond donors (Lipinski definition) is 2. The lowest BCUT2D eigenvalue weighted by molar-refractivity contribution is -0.133. The zero-order valence-electron chi connectivity index (χ0n) is 6.54. The molecule has 1 rings (SSSR count). The summed E-state index contributed by atoms with van der Waals surface area (Å²) in [5.41, 5.74) is 8.33. The maximum Gasteiger partial charge on any atom is 0.253 e. The number of amides is 1. The molecule has 1 saturated heterocycles. The largest absolute Gasteiger partial charge is 0.320 e. The molecule has 66 valence electrons. The van der Waals surface area contributed by atoms with Crippen LogP contribution in [0.25, 0.3) is 0 Å². The highest BCUT2D eigenvalue weighted by atomic mass is 35.5. The molecule has 1 amide bonds. The van der Waals surface area contributed by atoms with Gasteiger partial charge in [-0.15, -0.1) is 12.4 Å². The van der Waals surface area contributed by atoms with Crippen LogP contribution in [0.2, 0.25) is 0 Å². The van der Waals surface area contributed by atoms with Crippen LogP contribution in [-0.2, 0) is 4.79 Å². The van der Waals surface area contributed by atoms with Gasteiger partial charge in [-0.1, -0.05) is 0 Å². The third-order valence-electron chi connectivity index (χ3n) is 1.52. The number of carbonyl (C=O) groups is 1. The molecule has 1 aliphatic heterocycles. The van der Waals surface area contributed by atoms with Gasteiger partial charge in [-0.2, -0.15) is 0 Å². The van der Waals surface area contributed by atoms with Gasteiger partial charge < -0.3 is 5.73 Å². The van der Waals surface area contributed by atoms with Gasteiger partial charge >= 0.3 is 0 Å². The Kier molecular flexibility index (Phi) is 4.40. The third kappa shape index (κ3) is 2.65. The smallest absolute Gasteiger partial charge is 0.253 e. The Hall–Kier alpha value is -0.320. The monoisotopic (exact) mass is 179 g/mol. The number of nitrogens with one attached hydrogen (secondary N) is 1. The van der Waals surface area contributed by atoms with E-state index in [2.05, 4.69) is 5.43 Å². The normalized spacial score (nSPS) is 19.3. The molecule has 0 saturated carbocycles. The lowest BCUT2D eigenvalue weighted by Gasteiger charge is -2.17. The van der Waals surface area contributed by atoms with Crippen LogP contribution in [0.15, 0.2) is 0 Å². The summed E-state index contributed by atoms with van der Waals surface area (Å²) in [6, 6.07) is -0.384. The Morgan fingerprint density at radius 1 is 1.73 bits per heavy atom. The molecule has 0 bridgehead atoms. The van der Waals surface area contributed by atoms with Gasteiger partial charge in [0.05, 0.1) is 6.04 Å². The number of hydrogen-bond acceptors (Lipinski definition) is 3. The first-order chi connectivity index (χ1) is 4.72. The topological polar surface area (TPSA) is 58.4 Å². The van der Waals surface area contributed by atoms with Crippen molar-refractivity contribution < 1.29 is 4.79 Å². The highest BCUT2D eigenvalue weighted by molar-refractivity contribution is 5.85. The summed E-state index contributed by atoms with van der Waals surface area (Å²) in [5.74, 6) is -0.0162. The Labute approximate surface area is 72.5 Å². The minimum Gasteiger partial charge on any atom is -0.320 e. The quantitative estimate of drug-likeness (QED) is 0.570. The lowest BCUT2D eigenvalue weighted by Crippen LogP contribution is -2.45. The summed E-state index contributed by atoms with van der Waals surface area (Å²) in [7, 11) is 0. The molecule has 1 atom stereocenters. The third-order valence-corrected chi connectivity index (χ3v) is 1.52. The van der Waals surface area contributed by atoms with Gasteiger partial charge in [-0.25, -0.2) is 5.43 Å². The number of rotatable bonds is 1. The van der Waals surface area contributed by atoms with E-state index in [0.717, 1.165) is 19.5 Å². The maximum atomic E-state index is 11.1.